The van der Waals surface area contributed by atoms with Gasteiger partial charge < -0.3 is 4.74 Å². The van der Waals surface area contributed by atoms with Crippen LogP contribution in [-0.4, -0.2) is 24.1 Å². The molecule has 1 heterocycles. The predicted octanol–water partition coefficient (Wildman–Crippen LogP) is 4.45. The maximum Gasteiger partial charge on any atom is 0.313 e. The van der Waals surface area contributed by atoms with Gasteiger partial charge in [-0.05, 0) is 50.3 Å². The minimum absolute atomic E-state index is 0.200. The first-order chi connectivity index (χ1) is 11.1. The Balaban J connectivity index is 1.87. The standard InChI is InChI=1S/C19H24O3S/c1-3-22-19(21)12(2)13-8-9-16-17(10-13)23-11-14-6-4-5-7-15(14)18(16)20/h8-10,12,14-15H,3-7,11H2,1-2H3/t12?,14-,15+/m1/s1. The highest BCUT2D eigenvalue weighted by Gasteiger charge is 2.35. The van der Waals surface area contributed by atoms with E-state index in [0.717, 1.165) is 28.2 Å². The molecule has 0 bridgehead atoms. The molecule has 0 saturated heterocycles. The summed E-state index contributed by atoms with van der Waals surface area (Å²) in [6, 6.07) is 5.87. The van der Waals surface area contributed by atoms with Crippen molar-refractivity contribution in [3.05, 3.63) is 29.3 Å². The number of rotatable bonds is 3. The Labute approximate surface area is 142 Å². The molecule has 3 rings (SSSR count). The van der Waals surface area contributed by atoms with Gasteiger partial charge in [-0.2, -0.15) is 0 Å². The first-order valence-corrected chi connectivity index (χ1v) is 9.58. The van der Waals surface area contributed by atoms with E-state index in [1.807, 2.05) is 32.0 Å². The lowest BCUT2D eigenvalue weighted by atomic mass is 9.76. The Hall–Kier alpha value is -1.29. The molecule has 0 N–H and O–H groups in total. The van der Waals surface area contributed by atoms with Crippen molar-refractivity contribution in [1.82, 2.24) is 0 Å². The molecule has 1 fully saturated rings. The summed E-state index contributed by atoms with van der Waals surface area (Å²) in [7, 11) is 0. The lowest BCUT2D eigenvalue weighted by Gasteiger charge is -2.28. The minimum atomic E-state index is -0.290. The Morgan fingerprint density at radius 1 is 1.35 bits per heavy atom. The average molecular weight is 332 g/mol. The molecule has 2 aliphatic rings. The van der Waals surface area contributed by atoms with E-state index in [4.69, 9.17) is 4.74 Å². The van der Waals surface area contributed by atoms with Crippen molar-refractivity contribution in [2.45, 2.75) is 50.3 Å². The second-order valence-electron chi connectivity index (χ2n) is 6.56. The SMILES string of the molecule is CCOC(=O)C(C)c1ccc2c(c1)SC[C@H]1CCCC[C@@H]1C2=O. The number of hydrogen-bond acceptors (Lipinski definition) is 4. The van der Waals surface area contributed by atoms with Crippen LogP contribution in [0.25, 0.3) is 0 Å². The largest absolute Gasteiger partial charge is 0.466 e. The van der Waals surface area contributed by atoms with Gasteiger partial charge in [-0.15, -0.1) is 11.8 Å². The second kappa shape index (κ2) is 7.08. The molecule has 0 spiro atoms. The van der Waals surface area contributed by atoms with Gasteiger partial charge in [-0.25, -0.2) is 0 Å². The van der Waals surface area contributed by atoms with E-state index in [-0.39, 0.29) is 17.8 Å². The molecule has 124 valence electrons. The maximum absolute atomic E-state index is 12.9. The number of Topliss-reactive ketones (excluding diaryl/α,β-unsaturated/α-hetero) is 1. The Bertz CT molecular complexity index is 611. The fourth-order valence-corrected chi connectivity index (χ4v) is 5.02. The maximum atomic E-state index is 12.9. The zero-order valence-corrected chi connectivity index (χ0v) is 14.7. The van der Waals surface area contributed by atoms with Gasteiger partial charge in [-0.1, -0.05) is 18.9 Å². The number of carbonyl (C=O) groups excluding carboxylic acids is 2. The molecule has 23 heavy (non-hydrogen) atoms. The molecular formula is C19H24O3S. The summed E-state index contributed by atoms with van der Waals surface area (Å²) in [5.74, 6) is 1.55. The van der Waals surface area contributed by atoms with Crippen molar-refractivity contribution in [2.24, 2.45) is 11.8 Å². The number of thioether (sulfide) groups is 1. The third-order valence-corrected chi connectivity index (χ3v) is 6.35. The van der Waals surface area contributed by atoms with Gasteiger partial charge in [0.05, 0.1) is 12.5 Å². The summed E-state index contributed by atoms with van der Waals surface area (Å²) in [4.78, 5) is 25.9. The molecule has 1 aliphatic heterocycles. The van der Waals surface area contributed by atoms with E-state index in [1.54, 1.807) is 11.8 Å². The molecule has 0 aromatic heterocycles. The molecule has 1 saturated carbocycles. The zero-order chi connectivity index (χ0) is 16.4. The topological polar surface area (TPSA) is 43.4 Å². The summed E-state index contributed by atoms with van der Waals surface area (Å²) in [5.41, 5.74) is 1.79. The summed E-state index contributed by atoms with van der Waals surface area (Å²) >= 11 is 1.78. The van der Waals surface area contributed by atoms with Gasteiger partial charge in [0, 0.05) is 22.1 Å². The molecule has 3 atom stereocenters. The number of esters is 1. The van der Waals surface area contributed by atoms with Gasteiger partial charge in [0.15, 0.2) is 5.78 Å². The van der Waals surface area contributed by atoms with Crippen molar-refractivity contribution in [2.75, 3.05) is 12.4 Å². The molecule has 3 nitrogen and oxygen atoms in total. The van der Waals surface area contributed by atoms with Crippen molar-refractivity contribution >= 4 is 23.5 Å². The smallest absolute Gasteiger partial charge is 0.313 e. The number of fused-ring (bicyclic) bond motifs is 2. The molecule has 0 amide bonds. The number of ether oxygens (including phenoxy) is 1. The van der Waals surface area contributed by atoms with Crippen LogP contribution >= 0.6 is 11.8 Å². The molecule has 1 aromatic carbocycles. The van der Waals surface area contributed by atoms with Gasteiger partial charge >= 0.3 is 5.97 Å². The van der Waals surface area contributed by atoms with Gasteiger partial charge in [0.1, 0.15) is 0 Å². The van der Waals surface area contributed by atoms with Gasteiger partial charge in [-0.3, -0.25) is 9.59 Å². The highest BCUT2D eigenvalue weighted by atomic mass is 32.2. The molecular weight excluding hydrogens is 308 g/mol. The van der Waals surface area contributed by atoms with Crippen molar-refractivity contribution < 1.29 is 14.3 Å². The fourth-order valence-electron chi connectivity index (χ4n) is 3.68. The molecule has 1 aliphatic carbocycles. The average Bonchev–Trinajstić information content (AvgIpc) is 2.72. The van der Waals surface area contributed by atoms with E-state index in [9.17, 15) is 9.59 Å². The molecule has 4 heteroatoms. The van der Waals surface area contributed by atoms with E-state index >= 15 is 0 Å². The van der Waals surface area contributed by atoms with Crippen molar-refractivity contribution in [3.63, 3.8) is 0 Å². The Morgan fingerprint density at radius 3 is 2.91 bits per heavy atom. The highest BCUT2D eigenvalue weighted by Crippen LogP contribution is 2.42. The monoisotopic (exact) mass is 332 g/mol. The third kappa shape index (κ3) is 3.32. The Kier molecular flexibility index (Phi) is 5.10. The number of benzene rings is 1. The van der Waals surface area contributed by atoms with E-state index < -0.39 is 0 Å². The molecule has 1 unspecified atom stereocenters. The number of hydrogen-bond donors (Lipinski definition) is 0. The summed E-state index contributed by atoms with van der Waals surface area (Å²) in [6.45, 7) is 4.07. The lowest BCUT2D eigenvalue weighted by Crippen LogP contribution is -2.27. The first kappa shape index (κ1) is 16.6. The lowest BCUT2D eigenvalue weighted by molar-refractivity contribution is -0.144. The van der Waals surface area contributed by atoms with Crippen LogP contribution in [0.1, 0.15) is 61.4 Å². The number of ketones is 1. The van der Waals surface area contributed by atoms with Crippen LogP contribution < -0.4 is 0 Å². The minimum Gasteiger partial charge on any atom is -0.466 e. The third-order valence-electron chi connectivity index (χ3n) is 5.11. The van der Waals surface area contributed by atoms with Crippen molar-refractivity contribution in [3.8, 4) is 0 Å². The van der Waals surface area contributed by atoms with Crippen LogP contribution in [-0.2, 0) is 9.53 Å². The van der Waals surface area contributed by atoms with Gasteiger partial charge in [0.25, 0.3) is 0 Å². The van der Waals surface area contributed by atoms with E-state index in [0.29, 0.717) is 18.3 Å². The normalized spacial score (nSPS) is 25.0. The zero-order valence-electron chi connectivity index (χ0n) is 13.8. The fraction of sp³-hybridized carbons (Fsp3) is 0.579. The molecule has 0 radical (unpaired) electrons. The van der Waals surface area contributed by atoms with Crippen LogP contribution in [0.4, 0.5) is 0 Å². The predicted molar refractivity (Wildman–Crippen MR) is 92.0 cm³/mol. The number of carbonyl (C=O) groups is 2. The van der Waals surface area contributed by atoms with E-state index in [1.165, 1.54) is 19.3 Å². The van der Waals surface area contributed by atoms with Crippen LogP contribution in [0.5, 0.6) is 0 Å². The van der Waals surface area contributed by atoms with Crippen LogP contribution in [0.3, 0.4) is 0 Å². The van der Waals surface area contributed by atoms with Crippen LogP contribution in [0.15, 0.2) is 23.1 Å². The van der Waals surface area contributed by atoms with Crippen LogP contribution in [0.2, 0.25) is 0 Å². The first-order valence-electron chi connectivity index (χ1n) is 8.59. The highest BCUT2D eigenvalue weighted by molar-refractivity contribution is 7.99. The molecule has 1 aromatic rings. The quantitative estimate of drug-likeness (QED) is 0.767. The summed E-state index contributed by atoms with van der Waals surface area (Å²) in [6.07, 6.45) is 4.62. The van der Waals surface area contributed by atoms with Gasteiger partial charge in [0.2, 0.25) is 0 Å². The second-order valence-corrected chi connectivity index (χ2v) is 7.62. The summed E-state index contributed by atoms with van der Waals surface area (Å²) in [5, 5.41) is 0. The van der Waals surface area contributed by atoms with Crippen LogP contribution in [0, 0.1) is 11.8 Å². The Morgan fingerprint density at radius 2 is 2.13 bits per heavy atom. The van der Waals surface area contributed by atoms with Crippen molar-refractivity contribution in [1.29, 1.82) is 0 Å². The summed E-state index contributed by atoms with van der Waals surface area (Å²) < 4.78 is 5.11. The van der Waals surface area contributed by atoms with E-state index in [2.05, 4.69) is 0 Å².